The summed E-state index contributed by atoms with van der Waals surface area (Å²) in [6.07, 6.45) is 5.05. The number of thioether (sulfide) groups is 1. The van der Waals surface area contributed by atoms with Crippen LogP contribution in [0.3, 0.4) is 0 Å². The number of carbonyl (C=O) groups is 2. The standard InChI is InChI=1S/C22H27N5O4S/c1-13-9-15-10-17(30-2)18(31-3)11-16(15)27-20(13)24-26-22(27)32-12-19(28)23-25-21(29)14-7-5-4-6-8-14/h9-11,14H,4-8,12H2,1-3H3,(H,23,28)(H,25,29). The Morgan fingerprint density at radius 3 is 2.50 bits per heavy atom. The van der Waals surface area contributed by atoms with Crippen LogP contribution in [0.1, 0.15) is 37.7 Å². The van der Waals surface area contributed by atoms with Gasteiger partial charge in [-0.15, -0.1) is 10.2 Å². The van der Waals surface area contributed by atoms with E-state index in [9.17, 15) is 9.59 Å². The van der Waals surface area contributed by atoms with E-state index >= 15 is 0 Å². The number of hydrazine groups is 1. The van der Waals surface area contributed by atoms with Crippen molar-refractivity contribution in [1.82, 2.24) is 25.4 Å². The van der Waals surface area contributed by atoms with Crippen LogP contribution >= 0.6 is 11.8 Å². The molecule has 0 bridgehead atoms. The highest BCUT2D eigenvalue weighted by molar-refractivity contribution is 7.99. The number of nitrogens with zero attached hydrogens (tertiary/aromatic N) is 3. The molecule has 1 aliphatic carbocycles. The van der Waals surface area contributed by atoms with Gasteiger partial charge in [0.15, 0.2) is 22.3 Å². The number of fused-ring (bicyclic) bond motifs is 3. The monoisotopic (exact) mass is 457 g/mol. The Hall–Kier alpha value is -3.01. The van der Waals surface area contributed by atoms with Crippen LogP contribution in [0.25, 0.3) is 16.6 Å². The first-order valence-corrected chi connectivity index (χ1v) is 11.6. The van der Waals surface area contributed by atoms with Gasteiger partial charge in [-0.05, 0) is 37.5 Å². The van der Waals surface area contributed by atoms with Crippen LogP contribution < -0.4 is 20.3 Å². The third-order valence-corrected chi connectivity index (χ3v) is 6.69. The first-order chi connectivity index (χ1) is 15.5. The van der Waals surface area contributed by atoms with Gasteiger partial charge in [-0.1, -0.05) is 31.0 Å². The summed E-state index contributed by atoms with van der Waals surface area (Å²) in [6, 6.07) is 5.80. The van der Waals surface area contributed by atoms with Crippen LogP contribution in [-0.4, -0.2) is 46.4 Å². The maximum Gasteiger partial charge on any atom is 0.248 e. The van der Waals surface area contributed by atoms with Crippen LogP contribution in [0, 0.1) is 12.8 Å². The van der Waals surface area contributed by atoms with Crippen LogP contribution in [0.2, 0.25) is 0 Å². The third-order valence-electron chi connectivity index (χ3n) is 5.77. The van der Waals surface area contributed by atoms with E-state index in [0.717, 1.165) is 42.1 Å². The number of amides is 2. The van der Waals surface area contributed by atoms with Crippen molar-refractivity contribution in [3.63, 3.8) is 0 Å². The molecule has 9 nitrogen and oxygen atoms in total. The highest BCUT2D eigenvalue weighted by Gasteiger charge is 2.21. The second kappa shape index (κ2) is 9.64. The molecule has 2 amide bonds. The highest BCUT2D eigenvalue weighted by atomic mass is 32.2. The summed E-state index contributed by atoms with van der Waals surface area (Å²) in [4.78, 5) is 24.6. The number of ether oxygens (including phenoxy) is 2. The minimum atomic E-state index is -0.299. The highest BCUT2D eigenvalue weighted by Crippen LogP contribution is 2.34. The molecule has 0 radical (unpaired) electrons. The molecule has 1 saturated carbocycles. The first-order valence-electron chi connectivity index (χ1n) is 10.6. The van der Waals surface area contributed by atoms with Gasteiger partial charge in [0.2, 0.25) is 11.8 Å². The smallest absolute Gasteiger partial charge is 0.248 e. The summed E-state index contributed by atoms with van der Waals surface area (Å²) in [7, 11) is 3.18. The number of pyridine rings is 1. The summed E-state index contributed by atoms with van der Waals surface area (Å²) in [5.74, 6) is 0.894. The van der Waals surface area contributed by atoms with Crippen molar-refractivity contribution < 1.29 is 19.1 Å². The van der Waals surface area contributed by atoms with Gasteiger partial charge in [-0.3, -0.25) is 24.8 Å². The Morgan fingerprint density at radius 2 is 1.78 bits per heavy atom. The molecule has 1 aromatic carbocycles. The zero-order valence-corrected chi connectivity index (χ0v) is 19.3. The molecule has 170 valence electrons. The number of aromatic nitrogens is 3. The topological polar surface area (TPSA) is 107 Å². The molecule has 1 aliphatic rings. The second-order valence-electron chi connectivity index (χ2n) is 7.90. The lowest BCUT2D eigenvalue weighted by molar-refractivity contribution is -0.131. The Bertz CT molecular complexity index is 1160. The van der Waals surface area contributed by atoms with Gasteiger partial charge < -0.3 is 9.47 Å². The van der Waals surface area contributed by atoms with E-state index in [1.54, 1.807) is 14.2 Å². The van der Waals surface area contributed by atoms with Crippen LogP contribution in [0.5, 0.6) is 11.5 Å². The lowest BCUT2D eigenvalue weighted by atomic mass is 9.89. The quantitative estimate of drug-likeness (QED) is 0.433. The van der Waals surface area contributed by atoms with Crippen LogP contribution in [-0.2, 0) is 9.59 Å². The molecular weight excluding hydrogens is 430 g/mol. The predicted octanol–water partition coefficient (Wildman–Crippen LogP) is 3.03. The molecule has 1 fully saturated rings. The van der Waals surface area contributed by atoms with Crippen molar-refractivity contribution in [3.05, 3.63) is 23.8 Å². The van der Waals surface area contributed by atoms with Crippen molar-refractivity contribution in [2.75, 3.05) is 20.0 Å². The molecule has 2 aromatic heterocycles. The van der Waals surface area contributed by atoms with Crippen molar-refractivity contribution >= 4 is 40.1 Å². The molecular formula is C22H27N5O4S. The summed E-state index contributed by atoms with van der Waals surface area (Å²) in [5.41, 5.74) is 7.59. The number of benzene rings is 1. The van der Waals surface area contributed by atoms with Gasteiger partial charge in [0.05, 0.1) is 25.5 Å². The van der Waals surface area contributed by atoms with Gasteiger partial charge in [0.25, 0.3) is 0 Å². The number of methoxy groups -OCH3 is 2. The molecule has 10 heteroatoms. The normalized spacial score (nSPS) is 14.5. The van der Waals surface area contributed by atoms with Gasteiger partial charge in [-0.25, -0.2) is 0 Å². The average Bonchev–Trinajstić information content (AvgIpc) is 3.26. The zero-order valence-electron chi connectivity index (χ0n) is 18.4. The van der Waals surface area contributed by atoms with Gasteiger partial charge in [0, 0.05) is 17.4 Å². The number of nitrogens with one attached hydrogen (secondary N) is 2. The fraction of sp³-hybridized carbons (Fsp3) is 0.455. The number of carbonyl (C=O) groups excluding carboxylic acids is 2. The molecule has 0 saturated heterocycles. The molecule has 0 unspecified atom stereocenters. The largest absolute Gasteiger partial charge is 0.493 e. The lowest BCUT2D eigenvalue weighted by Crippen LogP contribution is -2.45. The van der Waals surface area contributed by atoms with E-state index in [1.807, 2.05) is 29.5 Å². The SMILES string of the molecule is COc1cc2cc(C)c3nnc(SCC(=O)NNC(=O)C4CCCCC4)n3c2cc1OC. The zero-order chi connectivity index (χ0) is 22.7. The summed E-state index contributed by atoms with van der Waals surface area (Å²) in [5, 5.41) is 10.1. The Labute approximate surface area is 190 Å². The number of hydrogen-bond donors (Lipinski definition) is 2. The predicted molar refractivity (Wildman–Crippen MR) is 122 cm³/mol. The minimum Gasteiger partial charge on any atom is -0.493 e. The molecule has 2 N–H and O–H groups in total. The van der Waals surface area contributed by atoms with Crippen molar-refractivity contribution in [2.24, 2.45) is 5.92 Å². The number of hydrogen-bond acceptors (Lipinski definition) is 7. The lowest BCUT2D eigenvalue weighted by Gasteiger charge is -2.20. The molecule has 2 heterocycles. The second-order valence-corrected chi connectivity index (χ2v) is 8.84. The van der Waals surface area contributed by atoms with Gasteiger partial charge >= 0.3 is 0 Å². The number of rotatable bonds is 6. The third kappa shape index (κ3) is 4.45. The minimum absolute atomic E-state index is 0.0153. The summed E-state index contributed by atoms with van der Waals surface area (Å²) in [6.45, 7) is 1.96. The van der Waals surface area contributed by atoms with Crippen LogP contribution in [0.15, 0.2) is 23.4 Å². The van der Waals surface area contributed by atoms with Gasteiger partial charge in [-0.2, -0.15) is 0 Å². The molecule has 3 aromatic rings. The molecule has 0 atom stereocenters. The van der Waals surface area contributed by atoms with E-state index in [4.69, 9.17) is 9.47 Å². The maximum atomic E-state index is 12.3. The summed E-state index contributed by atoms with van der Waals surface area (Å²) >= 11 is 1.25. The molecule has 0 aliphatic heterocycles. The van der Waals surface area contributed by atoms with E-state index in [1.165, 1.54) is 18.2 Å². The van der Waals surface area contributed by atoms with Gasteiger partial charge in [0.1, 0.15) is 0 Å². The Morgan fingerprint density at radius 1 is 1.06 bits per heavy atom. The first kappa shape index (κ1) is 22.2. The fourth-order valence-corrected chi connectivity index (χ4v) is 4.84. The molecule has 0 spiro atoms. The number of aryl methyl sites for hydroxylation is 1. The maximum absolute atomic E-state index is 12.3. The average molecular weight is 458 g/mol. The van der Waals surface area contributed by atoms with Crippen LogP contribution in [0.4, 0.5) is 0 Å². The van der Waals surface area contributed by atoms with E-state index < -0.39 is 0 Å². The Kier molecular flexibility index (Phi) is 6.69. The van der Waals surface area contributed by atoms with E-state index in [0.29, 0.717) is 22.3 Å². The van der Waals surface area contributed by atoms with Crippen molar-refractivity contribution in [2.45, 2.75) is 44.2 Å². The molecule has 4 rings (SSSR count). The molecule has 32 heavy (non-hydrogen) atoms. The fourth-order valence-electron chi connectivity index (χ4n) is 4.09. The van der Waals surface area contributed by atoms with E-state index in [-0.39, 0.29) is 23.5 Å². The van der Waals surface area contributed by atoms with Crippen molar-refractivity contribution in [1.29, 1.82) is 0 Å². The summed E-state index contributed by atoms with van der Waals surface area (Å²) < 4.78 is 12.8. The Balaban J connectivity index is 1.50. The van der Waals surface area contributed by atoms with Crippen molar-refractivity contribution in [3.8, 4) is 11.5 Å². The van der Waals surface area contributed by atoms with E-state index in [2.05, 4.69) is 21.0 Å².